The number of imidazole rings is 1. The summed E-state index contributed by atoms with van der Waals surface area (Å²) in [5.41, 5.74) is 10.5. The van der Waals surface area contributed by atoms with Crippen LogP contribution in [0.4, 0.5) is 17.1 Å². The molecule has 5 heterocycles. The first-order valence-electron chi connectivity index (χ1n) is 18.3. The number of para-hydroxylation sites is 1. The van der Waals surface area contributed by atoms with E-state index in [9.17, 15) is 0 Å². The molecule has 0 spiro atoms. The van der Waals surface area contributed by atoms with Crippen LogP contribution >= 0.6 is 0 Å². The molecule has 7 aromatic rings. The second kappa shape index (κ2) is 11.4. The highest BCUT2D eigenvalue weighted by Crippen LogP contribution is 2.45. The maximum atomic E-state index is 6.84. The minimum absolute atomic E-state index is 0.00917. The highest BCUT2D eigenvalue weighted by atomic mass is 16.5. The number of fused-ring (bicyclic) bond motifs is 7. The van der Waals surface area contributed by atoms with Crippen LogP contribution in [0.3, 0.4) is 0 Å². The quantitative estimate of drug-likeness (QED) is 0.186. The van der Waals surface area contributed by atoms with Crippen molar-refractivity contribution in [2.75, 3.05) is 23.5 Å². The predicted molar refractivity (Wildman–Crippen MR) is 211 cm³/mol. The molecule has 9 rings (SSSR count). The van der Waals surface area contributed by atoms with Crippen molar-refractivity contribution in [1.82, 2.24) is 19.1 Å². The van der Waals surface area contributed by atoms with Gasteiger partial charge in [0.1, 0.15) is 23.1 Å². The standard InChI is InChI=1S/C44H46N6O/c1-43(2,3)28-17-18-45-42(22-28)50-36-13-9-8-12-33(36)34-16-15-31(24-37(34)50)51-32-21-29(44(4,5)6)20-30(23-32)49-27-47(7)39-26-38-35(25-40(39)49)46-41-14-10-11-19-48(38)41/h8-9,12-13,15-18,20-26H,10-11,14,19,27H2,1-7H3. The lowest BCUT2D eigenvalue weighted by Crippen LogP contribution is -2.24. The number of hydrogen-bond acceptors (Lipinski definition) is 5. The molecule has 258 valence electrons. The van der Waals surface area contributed by atoms with Gasteiger partial charge in [0.25, 0.3) is 0 Å². The van der Waals surface area contributed by atoms with Gasteiger partial charge in [0.05, 0.1) is 40.1 Å². The molecule has 0 aliphatic carbocycles. The second-order valence-electron chi connectivity index (χ2n) is 16.5. The Morgan fingerprint density at radius 1 is 0.686 bits per heavy atom. The fourth-order valence-electron chi connectivity index (χ4n) is 7.93. The third-order valence-corrected chi connectivity index (χ3v) is 10.8. The summed E-state index contributed by atoms with van der Waals surface area (Å²) in [6.07, 6.45) is 5.42. The van der Waals surface area contributed by atoms with Gasteiger partial charge in [-0.3, -0.25) is 4.57 Å². The third kappa shape index (κ3) is 5.33. The van der Waals surface area contributed by atoms with Gasteiger partial charge in [0, 0.05) is 54.8 Å². The molecule has 0 fully saturated rings. The molecule has 0 amide bonds. The summed E-state index contributed by atoms with van der Waals surface area (Å²) in [4.78, 5) is 14.7. The fourth-order valence-corrected chi connectivity index (χ4v) is 7.93. The van der Waals surface area contributed by atoms with Crippen molar-refractivity contribution < 1.29 is 4.74 Å². The number of anilines is 3. The van der Waals surface area contributed by atoms with Gasteiger partial charge in [-0.15, -0.1) is 0 Å². The predicted octanol–water partition coefficient (Wildman–Crippen LogP) is 10.8. The van der Waals surface area contributed by atoms with Gasteiger partial charge in [-0.1, -0.05) is 59.7 Å². The smallest absolute Gasteiger partial charge is 0.137 e. The summed E-state index contributed by atoms with van der Waals surface area (Å²) < 4.78 is 11.5. The normalized spacial score (nSPS) is 14.9. The van der Waals surface area contributed by atoms with E-state index in [1.807, 2.05) is 6.20 Å². The first-order valence-corrected chi connectivity index (χ1v) is 18.3. The van der Waals surface area contributed by atoms with E-state index in [2.05, 4.69) is 152 Å². The van der Waals surface area contributed by atoms with Crippen LogP contribution in [-0.2, 0) is 23.8 Å². The molecule has 0 atom stereocenters. The lowest BCUT2D eigenvalue weighted by atomic mass is 9.86. The molecular formula is C44H46N6O. The highest BCUT2D eigenvalue weighted by Gasteiger charge is 2.29. The number of aryl methyl sites for hydroxylation is 2. The molecule has 7 heteroatoms. The zero-order valence-electron chi connectivity index (χ0n) is 30.8. The van der Waals surface area contributed by atoms with Crippen LogP contribution in [0.2, 0.25) is 0 Å². The van der Waals surface area contributed by atoms with Gasteiger partial charge in [-0.2, -0.15) is 0 Å². The van der Waals surface area contributed by atoms with Crippen LogP contribution in [0.25, 0.3) is 38.7 Å². The van der Waals surface area contributed by atoms with Crippen molar-refractivity contribution in [1.29, 1.82) is 0 Å². The molecule has 2 aliphatic rings. The van der Waals surface area contributed by atoms with E-state index in [4.69, 9.17) is 14.7 Å². The van der Waals surface area contributed by atoms with Gasteiger partial charge < -0.3 is 19.1 Å². The number of ether oxygens (including phenoxy) is 1. The van der Waals surface area contributed by atoms with E-state index in [1.165, 1.54) is 57.5 Å². The number of rotatable bonds is 4. The highest BCUT2D eigenvalue weighted by molar-refractivity contribution is 6.09. The van der Waals surface area contributed by atoms with Crippen molar-refractivity contribution >= 4 is 49.9 Å². The summed E-state index contributed by atoms with van der Waals surface area (Å²) in [5, 5.41) is 2.37. The first-order chi connectivity index (χ1) is 24.4. The minimum Gasteiger partial charge on any atom is -0.457 e. The van der Waals surface area contributed by atoms with Crippen LogP contribution in [0.15, 0.2) is 91.1 Å². The van der Waals surface area contributed by atoms with Crippen LogP contribution in [0, 0.1) is 0 Å². The molecular weight excluding hydrogens is 629 g/mol. The fraction of sp³-hybridized carbons (Fsp3) is 0.318. The summed E-state index contributed by atoms with van der Waals surface area (Å²) >= 11 is 0. The van der Waals surface area contributed by atoms with Crippen molar-refractivity contribution in [3.05, 3.63) is 108 Å². The number of pyridine rings is 1. The van der Waals surface area contributed by atoms with Gasteiger partial charge in [-0.05, 0) is 89.4 Å². The lowest BCUT2D eigenvalue weighted by molar-refractivity contribution is 0.479. The van der Waals surface area contributed by atoms with Crippen molar-refractivity contribution in [2.45, 2.75) is 78.2 Å². The Labute approximate surface area is 300 Å². The number of hydrogen-bond donors (Lipinski definition) is 0. The van der Waals surface area contributed by atoms with Crippen molar-refractivity contribution in [2.24, 2.45) is 0 Å². The molecule has 7 nitrogen and oxygen atoms in total. The summed E-state index contributed by atoms with van der Waals surface area (Å²) in [6, 6.07) is 30.7. The maximum absolute atomic E-state index is 6.84. The van der Waals surface area contributed by atoms with E-state index >= 15 is 0 Å². The molecule has 2 aliphatic heterocycles. The van der Waals surface area contributed by atoms with Gasteiger partial charge >= 0.3 is 0 Å². The molecule has 0 N–H and O–H groups in total. The summed E-state index contributed by atoms with van der Waals surface area (Å²) in [6.45, 7) is 15.3. The van der Waals surface area contributed by atoms with Gasteiger partial charge in [-0.25, -0.2) is 9.97 Å². The van der Waals surface area contributed by atoms with E-state index in [1.54, 1.807) is 0 Å². The van der Waals surface area contributed by atoms with E-state index < -0.39 is 0 Å². The monoisotopic (exact) mass is 674 g/mol. The second-order valence-corrected chi connectivity index (χ2v) is 16.5. The van der Waals surface area contributed by atoms with Crippen LogP contribution in [0.1, 0.15) is 71.3 Å². The third-order valence-electron chi connectivity index (χ3n) is 10.8. The molecule has 0 saturated carbocycles. The van der Waals surface area contributed by atoms with Gasteiger partial charge in [0.15, 0.2) is 0 Å². The van der Waals surface area contributed by atoms with E-state index in [0.29, 0.717) is 0 Å². The zero-order valence-corrected chi connectivity index (χ0v) is 30.8. The molecule has 0 radical (unpaired) electrons. The lowest BCUT2D eigenvalue weighted by Gasteiger charge is -2.25. The first kappa shape index (κ1) is 31.7. The Bertz CT molecular complexity index is 2490. The Morgan fingerprint density at radius 2 is 1.49 bits per heavy atom. The molecule has 0 bridgehead atoms. The number of benzene rings is 4. The van der Waals surface area contributed by atoms with E-state index in [-0.39, 0.29) is 10.8 Å². The van der Waals surface area contributed by atoms with Crippen molar-refractivity contribution in [3.8, 4) is 17.3 Å². The minimum atomic E-state index is -0.0738. The van der Waals surface area contributed by atoms with Crippen molar-refractivity contribution in [3.63, 3.8) is 0 Å². The zero-order chi connectivity index (χ0) is 35.2. The van der Waals surface area contributed by atoms with Crippen LogP contribution < -0.4 is 14.5 Å². The Hall–Kier alpha value is -5.30. The maximum Gasteiger partial charge on any atom is 0.137 e. The Balaban J connectivity index is 1.14. The Kier molecular flexibility index (Phi) is 7.05. The van der Waals surface area contributed by atoms with Crippen LogP contribution in [0.5, 0.6) is 11.5 Å². The topological polar surface area (TPSA) is 51.4 Å². The summed E-state index contributed by atoms with van der Waals surface area (Å²) in [5.74, 6) is 3.74. The largest absolute Gasteiger partial charge is 0.457 e. The molecule has 4 aromatic carbocycles. The molecule has 51 heavy (non-hydrogen) atoms. The Morgan fingerprint density at radius 3 is 2.31 bits per heavy atom. The summed E-state index contributed by atoms with van der Waals surface area (Å²) in [7, 11) is 2.18. The van der Waals surface area contributed by atoms with Crippen LogP contribution in [-0.4, -0.2) is 32.8 Å². The van der Waals surface area contributed by atoms with E-state index in [0.717, 1.165) is 59.2 Å². The average molecular weight is 675 g/mol. The molecule has 0 unspecified atom stereocenters. The average Bonchev–Trinajstić information content (AvgIpc) is 3.75. The SMILES string of the molecule is CN1CN(c2cc(Oc3ccc4c5ccccc5n(-c5cc(C(C)(C)C)ccn5)c4c3)cc(C(C)(C)C)c2)c2cc3nc4n(c3cc21)CCCC4. The number of aromatic nitrogens is 4. The number of nitrogens with zero attached hydrogens (tertiary/aromatic N) is 6. The molecule has 3 aromatic heterocycles. The van der Waals surface area contributed by atoms with Gasteiger partial charge in [0.2, 0.25) is 0 Å². The molecule has 0 saturated heterocycles.